The Morgan fingerprint density at radius 3 is 2.39 bits per heavy atom. The normalized spacial score (nSPS) is 23.1. The van der Waals surface area contributed by atoms with Crippen LogP contribution in [-0.4, -0.2) is 30.2 Å². The zero-order chi connectivity index (χ0) is 25.8. The first-order valence-corrected chi connectivity index (χ1v) is 11.4. The molecule has 0 radical (unpaired) electrons. The molecule has 6 rings (SSSR count). The summed E-state index contributed by atoms with van der Waals surface area (Å²) in [5.74, 6) is 0.194. The van der Waals surface area contributed by atoms with E-state index in [1.807, 2.05) is 18.2 Å². The minimum absolute atomic E-state index is 0.0378. The first kappa shape index (κ1) is 23.6. The molecule has 184 valence electrons. The van der Waals surface area contributed by atoms with Crippen molar-refractivity contribution in [1.29, 1.82) is 10.5 Å². The van der Waals surface area contributed by atoms with E-state index in [2.05, 4.69) is 26.3 Å². The van der Waals surface area contributed by atoms with E-state index < -0.39 is 12.7 Å². The van der Waals surface area contributed by atoms with Gasteiger partial charge in [0.1, 0.15) is 17.7 Å². The molecule has 3 fully saturated rings. The van der Waals surface area contributed by atoms with Gasteiger partial charge in [-0.1, -0.05) is 0 Å². The van der Waals surface area contributed by atoms with Crippen LogP contribution in [0.4, 0.5) is 14.7 Å². The lowest BCUT2D eigenvalue weighted by Crippen LogP contribution is -2.70. The van der Waals surface area contributed by atoms with Crippen molar-refractivity contribution < 1.29 is 18.6 Å². The number of fused-ring (bicyclic) bond motifs is 1. The van der Waals surface area contributed by atoms with Crippen LogP contribution < -0.4 is 10.1 Å². The molecular weight excluding hydrogens is 468 g/mol. The van der Waals surface area contributed by atoms with E-state index in [9.17, 15) is 19.1 Å². The fourth-order valence-corrected chi connectivity index (χ4v) is 5.36. The summed E-state index contributed by atoms with van der Waals surface area (Å²) in [6.07, 6.45) is 3.73. The van der Waals surface area contributed by atoms with Gasteiger partial charge in [0.15, 0.2) is 11.2 Å². The number of anilines is 1. The first-order chi connectivity index (χ1) is 17.1. The third-order valence-corrected chi connectivity index (χ3v) is 6.79. The number of nitriles is 2. The van der Waals surface area contributed by atoms with Crippen LogP contribution in [0.3, 0.4) is 0 Å². The van der Waals surface area contributed by atoms with Crippen molar-refractivity contribution in [3.05, 3.63) is 40.7 Å². The Kier molecular flexibility index (Phi) is 5.42. The highest BCUT2D eigenvalue weighted by atomic mass is 19.3. The molecule has 0 aliphatic heterocycles. The Morgan fingerprint density at radius 1 is 1.17 bits per heavy atom. The molecule has 9 nitrogen and oxygen atoms in total. The summed E-state index contributed by atoms with van der Waals surface area (Å²) in [6.45, 7) is 1.94. The number of hydrogen-bond acceptors (Lipinski definition) is 8. The van der Waals surface area contributed by atoms with Crippen LogP contribution in [0, 0.1) is 41.9 Å². The van der Waals surface area contributed by atoms with E-state index in [1.54, 1.807) is 19.9 Å². The third kappa shape index (κ3) is 3.73. The van der Waals surface area contributed by atoms with Crippen LogP contribution >= 0.6 is 0 Å². The largest absolute Gasteiger partial charge is 0.436 e. The Hall–Kier alpha value is -4.09. The van der Waals surface area contributed by atoms with Gasteiger partial charge in [0.05, 0.1) is 17.6 Å². The van der Waals surface area contributed by atoms with Crippen molar-refractivity contribution >= 4 is 23.2 Å². The lowest BCUT2D eigenvalue weighted by Gasteiger charge is -2.66. The van der Waals surface area contributed by atoms with Crippen molar-refractivity contribution in [2.45, 2.75) is 58.2 Å². The number of aromatic nitrogens is 4. The van der Waals surface area contributed by atoms with Gasteiger partial charge in [-0.3, -0.25) is 4.57 Å². The van der Waals surface area contributed by atoms with Gasteiger partial charge >= 0.3 is 6.55 Å². The molecule has 3 aliphatic rings. The number of rotatable bonds is 7. The molecule has 1 atom stereocenters. The van der Waals surface area contributed by atoms with Gasteiger partial charge in [0.2, 0.25) is 5.95 Å². The average molecular weight is 492 g/mol. The minimum atomic E-state index is -3.02. The van der Waals surface area contributed by atoms with Crippen molar-refractivity contribution in [2.24, 2.45) is 5.41 Å². The molecule has 2 N–H and O–H groups in total. The summed E-state index contributed by atoms with van der Waals surface area (Å²) >= 11 is 0. The highest BCUT2D eigenvalue weighted by Gasteiger charge is 2.69. The maximum absolute atomic E-state index is 14.1. The molecule has 2 bridgehead atoms. The number of benzene rings is 1. The van der Waals surface area contributed by atoms with Gasteiger partial charge in [-0.15, -0.1) is 0 Å². The van der Waals surface area contributed by atoms with E-state index in [4.69, 9.17) is 10.00 Å². The zero-order valence-electron chi connectivity index (χ0n) is 19.9. The summed E-state index contributed by atoms with van der Waals surface area (Å²) < 4.78 is 35.0. The van der Waals surface area contributed by atoms with Crippen LogP contribution in [-0.2, 0) is 0 Å². The van der Waals surface area contributed by atoms with Crippen molar-refractivity contribution in [1.82, 2.24) is 19.5 Å². The second-order valence-electron chi connectivity index (χ2n) is 9.69. The summed E-state index contributed by atoms with van der Waals surface area (Å²) in [6, 6.07) is 7.90. The van der Waals surface area contributed by atoms with E-state index in [1.165, 1.54) is 13.0 Å². The standard InChI is InChI=1S/C25H23F2N7O2/c1-13-7-16(5-4-6-28)8-14(2)18(13)36-21-17-19(30-20(15(3)35)34(17)22(26)27)31-23(32-21)33-25-9-24(10-25,11-25)12-29/h4-5,7-8,15,22,35H,9-11H2,1-3H3,(H,31,32,33)/b5-4+. The number of halogens is 2. The van der Waals surface area contributed by atoms with Gasteiger partial charge in [-0.2, -0.15) is 29.3 Å². The predicted octanol–water partition coefficient (Wildman–Crippen LogP) is 5.08. The summed E-state index contributed by atoms with van der Waals surface area (Å²) in [7, 11) is 0. The van der Waals surface area contributed by atoms with Gasteiger partial charge in [-0.05, 0) is 74.9 Å². The molecule has 2 aromatic heterocycles. The number of nitrogens with one attached hydrogen (secondary N) is 1. The number of aliphatic hydroxyl groups is 1. The van der Waals surface area contributed by atoms with E-state index in [-0.39, 0.29) is 39.8 Å². The number of alkyl halides is 2. The quantitative estimate of drug-likeness (QED) is 0.437. The number of allylic oxidation sites excluding steroid dienone is 1. The highest BCUT2D eigenvalue weighted by Crippen LogP contribution is 2.67. The molecule has 0 spiro atoms. The predicted molar refractivity (Wildman–Crippen MR) is 126 cm³/mol. The summed E-state index contributed by atoms with van der Waals surface area (Å²) in [5.41, 5.74) is 1.43. The molecule has 1 unspecified atom stereocenters. The number of ether oxygens (including phenoxy) is 1. The van der Waals surface area contributed by atoms with Crippen molar-refractivity contribution in [3.63, 3.8) is 0 Å². The van der Waals surface area contributed by atoms with Crippen LogP contribution in [0.2, 0.25) is 0 Å². The zero-order valence-corrected chi connectivity index (χ0v) is 19.9. The van der Waals surface area contributed by atoms with Gasteiger partial charge in [0.25, 0.3) is 5.88 Å². The molecule has 2 heterocycles. The van der Waals surface area contributed by atoms with E-state index in [0.717, 1.165) is 5.56 Å². The third-order valence-electron chi connectivity index (χ3n) is 6.79. The Bertz CT molecular complexity index is 1450. The second-order valence-corrected chi connectivity index (χ2v) is 9.69. The second kappa shape index (κ2) is 8.25. The molecule has 11 heteroatoms. The van der Waals surface area contributed by atoms with E-state index >= 15 is 0 Å². The van der Waals surface area contributed by atoms with Crippen molar-refractivity contribution in [2.75, 3.05) is 5.32 Å². The number of hydrogen-bond donors (Lipinski definition) is 2. The molecule has 3 saturated carbocycles. The molecule has 0 saturated heterocycles. The van der Waals surface area contributed by atoms with Gasteiger partial charge < -0.3 is 15.2 Å². The first-order valence-electron chi connectivity index (χ1n) is 11.4. The SMILES string of the molecule is Cc1cc(/C=C/C#N)cc(C)c1Oc1nc(NC23CC(C#N)(C2)C3)nc2nc(C(C)O)n(C(F)F)c12. The Balaban J connectivity index is 1.61. The fraction of sp³-hybridized carbons (Fsp3) is 0.400. The van der Waals surface area contributed by atoms with Crippen LogP contribution in [0.1, 0.15) is 61.4 Å². The highest BCUT2D eigenvalue weighted by molar-refractivity contribution is 5.80. The maximum Gasteiger partial charge on any atom is 0.320 e. The topological polar surface area (TPSA) is 133 Å². The van der Waals surface area contributed by atoms with Crippen LogP contribution in [0.5, 0.6) is 11.6 Å². The minimum Gasteiger partial charge on any atom is -0.436 e. The number of aliphatic hydroxyl groups excluding tert-OH is 1. The molecule has 1 aromatic carbocycles. The maximum atomic E-state index is 14.1. The molecule has 3 aromatic rings. The summed E-state index contributed by atoms with van der Waals surface area (Å²) in [5, 5.41) is 31.5. The van der Waals surface area contributed by atoms with E-state index in [0.29, 0.717) is 40.7 Å². The molecule has 0 amide bonds. The van der Waals surface area contributed by atoms with Crippen LogP contribution in [0.25, 0.3) is 17.2 Å². The lowest BCUT2D eigenvalue weighted by atomic mass is 9.40. The molecule has 36 heavy (non-hydrogen) atoms. The fourth-order valence-electron chi connectivity index (χ4n) is 5.36. The lowest BCUT2D eigenvalue weighted by molar-refractivity contribution is -0.0665. The molecular formula is C25H23F2N7O2. The smallest absolute Gasteiger partial charge is 0.320 e. The molecule has 3 aliphatic carbocycles. The summed E-state index contributed by atoms with van der Waals surface area (Å²) in [4.78, 5) is 13.0. The van der Waals surface area contributed by atoms with Crippen LogP contribution in [0.15, 0.2) is 18.2 Å². The van der Waals surface area contributed by atoms with Gasteiger partial charge in [-0.25, -0.2) is 4.98 Å². The average Bonchev–Trinajstić information content (AvgIpc) is 3.16. The Morgan fingerprint density at radius 2 is 1.83 bits per heavy atom. The monoisotopic (exact) mass is 491 g/mol. The number of imidazole rings is 1. The number of nitrogens with zero attached hydrogens (tertiary/aromatic N) is 6. The number of aryl methyl sites for hydroxylation is 2. The van der Waals surface area contributed by atoms with Gasteiger partial charge in [0, 0.05) is 11.6 Å². The van der Waals surface area contributed by atoms with Crippen molar-refractivity contribution in [3.8, 4) is 23.8 Å². The Labute approximate surface area is 205 Å².